The third kappa shape index (κ3) is 2.58. The van der Waals surface area contributed by atoms with Gasteiger partial charge in [-0.05, 0) is 12.8 Å². The lowest BCUT2D eigenvalue weighted by atomic mass is 9.81. The summed E-state index contributed by atoms with van der Waals surface area (Å²) in [5, 5.41) is 17.2. The Morgan fingerprint density at radius 2 is 2.00 bits per heavy atom. The zero-order valence-electron chi connectivity index (χ0n) is 6.92. The maximum Gasteiger partial charge on any atom is 0.304 e. The highest BCUT2D eigenvalue weighted by Crippen LogP contribution is 2.29. The summed E-state index contributed by atoms with van der Waals surface area (Å²) in [5.41, 5.74) is -0.647. The van der Waals surface area contributed by atoms with Gasteiger partial charge in [0.1, 0.15) is 0 Å². The van der Waals surface area contributed by atoms with Crippen LogP contribution in [0.2, 0.25) is 0 Å². The number of hydrogen-bond acceptors (Lipinski definition) is 2. The highest BCUT2D eigenvalue weighted by atomic mass is 16.4. The Hall–Kier alpha value is -1.04. The highest BCUT2D eigenvalue weighted by Gasteiger charge is 2.28. The van der Waals surface area contributed by atoms with E-state index >= 15 is 0 Å². The van der Waals surface area contributed by atoms with E-state index in [1.165, 1.54) is 0 Å². The second kappa shape index (κ2) is 3.97. The molecule has 0 saturated carbocycles. The average Bonchev–Trinajstić information content (AvgIpc) is 2.00. The Morgan fingerprint density at radius 3 is 2.09 bits per heavy atom. The molecular weight excluding hydrogens is 142 g/mol. The van der Waals surface area contributed by atoms with E-state index in [1.807, 2.05) is 13.8 Å². The predicted molar refractivity (Wildman–Crippen MR) is 40.9 cm³/mol. The van der Waals surface area contributed by atoms with Crippen molar-refractivity contribution < 1.29 is 9.90 Å². The van der Waals surface area contributed by atoms with Crippen LogP contribution in [0.4, 0.5) is 0 Å². The molecule has 0 aliphatic carbocycles. The Morgan fingerprint density at radius 1 is 1.55 bits per heavy atom. The van der Waals surface area contributed by atoms with Crippen LogP contribution in [-0.2, 0) is 4.79 Å². The Labute approximate surface area is 66.6 Å². The molecule has 0 heterocycles. The van der Waals surface area contributed by atoms with Crippen molar-refractivity contribution in [2.45, 2.75) is 33.1 Å². The summed E-state index contributed by atoms with van der Waals surface area (Å²) in [6.45, 7) is 3.69. The molecule has 0 radical (unpaired) electrons. The minimum absolute atomic E-state index is 0.0451. The fourth-order valence-electron chi connectivity index (χ4n) is 0.987. The Kier molecular flexibility index (Phi) is 3.59. The summed E-state index contributed by atoms with van der Waals surface area (Å²) in [6.07, 6.45) is 1.16. The molecule has 3 heteroatoms. The smallest absolute Gasteiger partial charge is 0.304 e. The molecule has 0 bridgehead atoms. The number of aliphatic carboxylic acids is 1. The molecule has 0 aliphatic rings. The number of hydrogen-bond donors (Lipinski definition) is 1. The van der Waals surface area contributed by atoms with Gasteiger partial charge in [0.2, 0.25) is 0 Å². The highest BCUT2D eigenvalue weighted by molar-refractivity contribution is 5.68. The van der Waals surface area contributed by atoms with E-state index in [1.54, 1.807) is 0 Å². The minimum atomic E-state index is -0.893. The van der Waals surface area contributed by atoms with Gasteiger partial charge in [0.25, 0.3) is 0 Å². The SMILES string of the molecule is CCC(C#N)(CC)CC(=O)O. The van der Waals surface area contributed by atoms with E-state index in [0.29, 0.717) is 12.8 Å². The standard InChI is InChI=1S/C8H13NO2/c1-3-8(4-2,6-9)5-7(10)11/h3-5H2,1-2H3,(H,10,11). The van der Waals surface area contributed by atoms with Crippen molar-refractivity contribution in [3.8, 4) is 6.07 Å². The van der Waals surface area contributed by atoms with Gasteiger partial charge in [0, 0.05) is 0 Å². The monoisotopic (exact) mass is 155 g/mol. The molecule has 0 atom stereocenters. The molecule has 0 unspecified atom stereocenters. The molecule has 0 aliphatic heterocycles. The van der Waals surface area contributed by atoms with Crippen molar-refractivity contribution in [3.05, 3.63) is 0 Å². The van der Waals surface area contributed by atoms with Crippen LogP contribution >= 0.6 is 0 Å². The fraction of sp³-hybridized carbons (Fsp3) is 0.750. The van der Waals surface area contributed by atoms with E-state index in [2.05, 4.69) is 6.07 Å². The van der Waals surface area contributed by atoms with Crippen LogP contribution in [0.15, 0.2) is 0 Å². The number of nitriles is 1. The van der Waals surface area contributed by atoms with E-state index in [-0.39, 0.29) is 6.42 Å². The van der Waals surface area contributed by atoms with Crippen LogP contribution in [0.3, 0.4) is 0 Å². The van der Waals surface area contributed by atoms with Gasteiger partial charge >= 0.3 is 5.97 Å². The van der Waals surface area contributed by atoms with Crippen molar-refractivity contribution in [3.63, 3.8) is 0 Å². The quantitative estimate of drug-likeness (QED) is 0.673. The second-order valence-corrected chi connectivity index (χ2v) is 2.67. The molecule has 0 aromatic heterocycles. The van der Waals surface area contributed by atoms with Gasteiger partial charge in [0.15, 0.2) is 0 Å². The van der Waals surface area contributed by atoms with Crippen LogP contribution in [0.25, 0.3) is 0 Å². The average molecular weight is 155 g/mol. The van der Waals surface area contributed by atoms with Crippen LogP contribution in [0.5, 0.6) is 0 Å². The molecular formula is C8H13NO2. The molecule has 62 valence electrons. The lowest BCUT2D eigenvalue weighted by Crippen LogP contribution is -2.20. The van der Waals surface area contributed by atoms with Gasteiger partial charge in [-0.25, -0.2) is 0 Å². The van der Waals surface area contributed by atoms with Crippen molar-refractivity contribution in [2.75, 3.05) is 0 Å². The first-order valence-electron chi connectivity index (χ1n) is 3.73. The maximum absolute atomic E-state index is 10.3. The minimum Gasteiger partial charge on any atom is -0.481 e. The van der Waals surface area contributed by atoms with Gasteiger partial charge < -0.3 is 5.11 Å². The number of carbonyl (C=O) groups is 1. The van der Waals surface area contributed by atoms with Crippen LogP contribution < -0.4 is 0 Å². The van der Waals surface area contributed by atoms with Gasteiger partial charge in [-0.2, -0.15) is 5.26 Å². The first-order valence-corrected chi connectivity index (χ1v) is 3.73. The van der Waals surface area contributed by atoms with Crippen LogP contribution in [0, 0.1) is 16.7 Å². The molecule has 1 N–H and O–H groups in total. The van der Waals surface area contributed by atoms with Crippen LogP contribution in [-0.4, -0.2) is 11.1 Å². The normalized spacial score (nSPS) is 10.6. The second-order valence-electron chi connectivity index (χ2n) is 2.67. The van der Waals surface area contributed by atoms with Crippen molar-refractivity contribution in [1.82, 2.24) is 0 Å². The lowest BCUT2D eigenvalue weighted by Gasteiger charge is -2.19. The summed E-state index contributed by atoms with van der Waals surface area (Å²) in [7, 11) is 0. The van der Waals surface area contributed by atoms with Crippen LogP contribution in [0.1, 0.15) is 33.1 Å². The molecule has 0 rings (SSSR count). The van der Waals surface area contributed by atoms with Crippen molar-refractivity contribution in [1.29, 1.82) is 5.26 Å². The molecule has 0 fully saturated rings. The largest absolute Gasteiger partial charge is 0.481 e. The molecule has 3 nitrogen and oxygen atoms in total. The summed E-state index contributed by atoms with van der Waals surface area (Å²) in [6, 6.07) is 2.07. The predicted octanol–water partition coefficient (Wildman–Crippen LogP) is 1.79. The molecule has 0 spiro atoms. The van der Waals surface area contributed by atoms with Gasteiger partial charge in [-0.3, -0.25) is 4.79 Å². The molecule has 0 aromatic rings. The van der Waals surface area contributed by atoms with E-state index in [9.17, 15) is 4.79 Å². The van der Waals surface area contributed by atoms with E-state index in [4.69, 9.17) is 10.4 Å². The number of rotatable bonds is 4. The maximum atomic E-state index is 10.3. The Balaban J connectivity index is 4.32. The third-order valence-corrected chi connectivity index (χ3v) is 2.08. The lowest BCUT2D eigenvalue weighted by molar-refractivity contribution is -0.139. The first kappa shape index (κ1) is 9.96. The first-order chi connectivity index (χ1) is 5.10. The fourth-order valence-corrected chi connectivity index (χ4v) is 0.987. The topological polar surface area (TPSA) is 61.1 Å². The molecule has 0 amide bonds. The third-order valence-electron chi connectivity index (χ3n) is 2.08. The zero-order valence-corrected chi connectivity index (χ0v) is 6.92. The van der Waals surface area contributed by atoms with Gasteiger partial charge in [-0.15, -0.1) is 0 Å². The Bertz CT molecular complexity index is 177. The molecule has 11 heavy (non-hydrogen) atoms. The molecule has 0 aromatic carbocycles. The van der Waals surface area contributed by atoms with E-state index < -0.39 is 11.4 Å². The number of nitrogens with zero attached hydrogens (tertiary/aromatic N) is 1. The summed E-state index contributed by atoms with van der Waals surface area (Å²) in [4.78, 5) is 10.3. The number of carboxylic acids is 1. The van der Waals surface area contributed by atoms with Gasteiger partial charge in [0.05, 0.1) is 17.9 Å². The van der Waals surface area contributed by atoms with Gasteiger partial charge in [-0.1, -0.05) is 13.8 Å². The molecule has 0 saturated heterocycles. The summed E-state index contributed by atoms with van der Waals surface area (Å²) in [5.74, 6) is -0.893. The van der Waals surface area contributed by atoms with Crippen molar-refractivity contribution in [2.24, 2.45) is 5.41 Å². The number of carboxylic acid groups (broad SMARTS) is 1. The zero-order chi connectivity index (χ0) is 8.91. The van der Waals surface area contributed by atoms with E-state index in [0.717, 1.165) is 0 Å². The summed E-state index contributed by atoms with van der Waals surface area (Å²) >= 11 is 0. The summed E-state index contributed by atoms with van der Waals surface area (Å²) < 4.78 is 0. The van der Waals surface area contributed by atoms with Crippen molar-refractivity contribution >= 4 is 5.97 Å².